The van der Waals surface area contributed by atoms with E-state index in [9.17, 15) is 0 Å². The van der Waals surface area contributed by atoms with Crippen LogP contribution in [0.15, 0.2) is 49.1 Å². The highest BCUT2D eigenvalue weighted by Crippen LogP contribution is 2.25. The average Bonchev–Trinajstić information content (AvgIpc) is 2.68. The molecule has 0 amide bonds. The Balaban J connectivity index is 2.08. The van der Waals surface area contributed by atoms with Gasteiger partial charge in [0.1, 0.15) is 0 Å². The molecule has 8 heteroatoms. The van der Waals surface area contributed by atoms with Crippen molar-refractivity contribution in [3.63, 3.8) is 0 Å². The molecule has 0 aliphatic carbocycles. The predicted molar refractivity (Wildman–Crippen MR) is 105 cm³/mol. The largest absolute Gasteiger partial charge is 0.481 e. The molecule has 3 rings (SSSR count). The molecular formula is C19H23ClN6O+2. The van der Waals surface area contributed by atoms with Crippen LogP contribution in [0.5, 0.6) is 5.88 Å². The van der Waals surface area contributed by atoms with Gasteiger partial charge in [0.15, 0.2) is 0 Å². The van der Waals surface area contributed by atoms with E-state index in [1.807, 2.05) is 96.2 Å². The lowest BCUT2D eigenvalue weighted by molar-refractivity contribution is -0.614. The van der Waals surface area contributed by atoms with Crippen LogP contribution in [0.3, 0.4) is 0 Å². The minimum absolute atomic E-state index is 0.324. The third-order valence-corrected chi connectivity index (χ3v) is 4.45. The standard InChI is InChI=1S/C19H23ClN6O/c1-23(2)14-6-10-25(11-7-14)17-16(20)18(27-5)22-19(21-17)26-12-8-15(9-13-26)24(3)4/h6-13H,1-5H3/q+2. The van der Waals surface area contributed by atoms with E-state index in [-0.39, 0.29) is 0 Å². The minimum Gasteiger partial charge on any atom is -0.468 e. The quantitative estimate of drug-likeness (QED) is 0.626. The summed E-state index contributed by atoms with van der Waals surface area (Å²) >= 11 is 6.47. The van der Waals surface area contributed by atoms with E-state index >= 15 is 0 Å². The van der Waals surface area contributed by atoms with Crippen LogP contribution in [0.2, 0.25) is 5.02 Å². The molecule has 0 aliphatic rings. The number of hydrogen-bond donors (Lipinski definition) is 0. The molecule has 0 aromatic carbocycles. The Labute approximate surface area is 164 Å². The van der Waals surface area contributed by atoms with Crippen molar-refractivity contribution in [2.24, 2.45) is 0 Å². The van der Waals surface area contributed by atoms with E-state index < -0.39 is 0 Å². The molecule has 0 N–H and O–H groups in total. The van der Waals surface area contributed by atoms with Crippen LogP contribution in [-0.2, 0) is 0 Å². The SMILES string of the molecule is COc1nc(-[n+]2ccc(N(C)C)cc2)nc(-[n+]2ccc(N(C)C)cc2)c1Cl. The average molecular weight is 387 g/mol. The molecule has 27 heavy (non-hydrogen) atoms. The molecule has 140 valence electrons. The maximum Gasteiger partial charge on any atom is 0.481 e. The van der Waals surface area contributed by atoms with Crippen LogP contribution in [0.25, 0.3) is 11.8 Å². The Morgan fingerprint density at radius 3 is 1.74 bits per heavy atom. The first kappa shape index (κ1) is 18.8. The third-order valence-electron chi connectivity index (χ3n) is 4.12. The van der Waals surface area contributed by atoms with E-state index in [0.717, 1.165) is 11.4 Å². The highest BCUT2D eigenvalue weighted by Gasteiger charge is 2.28. The molecule has 7 nitrogen and oxygen atoms in total. The van der Waals surface area contributed by atoms with Crippen molar-refractivity contribution in [3.8, 4) is 17.6 Å². The number of halogens is 1. The van der Waals surface area contributed by atoms with Crippen molar-refractivity contribution < 1.29 is 13.9 Å². The summed E-state index contributed by atoms with van der Waals surface area (Å²) in [5.41, 5.74) is 2.17. The molecule has 0 unspecified atom stereocenters. The second-order valence-corrected chi connectivity index (χ2v) is 6.76. The number of methoxy groups -OCH3 is 1. The summed E-state index contributed by atoms with van der Waals surface area (Å²) in [5, 5.41) is 0.356. The molecule has 3 heterocycles. The number of nitrogens with zero attached hydrogens (tertiary/aromatic N) is 6. The van der Waals surface area contributed by atoms with Crippen molar-refractivity contribution in [1.82, 2.24) is 9.97 Å². The highest BCUT2D eigenvalue weighted by molar-refractivity contribution is 6.33. The summed E-state index contributed by atoms with van der Waals surface area (Å²) in [4.78, 5) is 13.1. The zero-order valence-corrected chi connectivity index (χ0v) is 16.8. The lowest BCUT2D eigenvalue weighted by atomic mass is 10.3. The van der Waals surface area contributed by atoms with Gasteiger partial charge in [0.2, 0.25) is 5.02 Å². The maximum absolute atomic E-state index is 6.47. The van der Waals surface area contributed by atoms with Crippen molar-refractivity contribution in [1.29, 1.82) is 0 Å². The van der Waals surface area contributed by atoms with Gasteiger partial charge in [-0.25, -0.2) is 4.57 Å². The molecule has 0 fully saturated rings. The van der Waals surface area contributed by atoms with Crippen LogP contribution >= 0.6 is 11.6 Å². The first-order valence-electron chi connectivity index (χ1n) is 8.40. The van der Waals surface area contributed by atoms with E-state index in [2.05, 4.69) is 9.97 Å². The zero-order chi connectivity index (χ0) is 19.6. The van der Waals surface area contributed by atoms with Crippen molar-refractivity contribution in [3.05, 3.63) is 54.1 Å². The van der Waals surface area contributed by atoms with Crippen LogP contribution in [0, 0.1) is 0 Å². The summed E-state index contributed by atoms with van der Waals surface area (Å²) in [6, 6.07) is 7.96. The number of pyridine rings is 2. The number of anilines is 2. The van der Waals surface area contributed by atoms with Gasteiger partial charge in [-0.05, 0) is 17.1 Å². The first-order chi connectivity index (χ1) is 12.9. The van der Waals surface area contributed by atoms with Crippen molar-refractivity contribution in [2.45, 2.75) is 0 Å². The van der Waals surface area contributed by atoms with Gasteiger partial charge in [-0.1, -0.05) is 11.6 Å². The number of ether oxygens (including phenoxy) is 1. The van der Waals surface area contributed by atoms with Gasteiger partial charge in [0.05, 0.1) is 31.9 Å². The summed E-state index contributed by atoms with van der Waals surface area (Å²) < 4.78 is 9.04. The van der Waals surface area contributed by atoms with Gasteiger partial charge in [0.25, 0.3) is 0 Å². The second-order valence-electron chi connectivity index (χ2n) is 6.39. The topological polar surface area (TPSA) is 49.3 Å². The molecular weight excluding hydrogens is 364 g/mol. The van der Waals surface area contributed by atoms with Crippen molar-refractivity contribution in [2.75, 3.05) is 45.1 Å². The zero-order valence-electron chi connectivity index (χ0n) is 16.1. The summed E-state index contributed by atoms with van der Waals surface area (Å²) in [5.74, 6) is 1.35. The van der Waals surface area contributed by atoms with Crippen LogP contribution < -0.4 is 23.7 Å². The van der Waals surface area contributed by atoms with Crippen LogP contribution in [0.4, 0.5) is 11.4 Å². The van der Waals surface area contributed by atoms with Gasteiger partial charge in [-0.2, -0.15) is 4.57 Å². The summed E-state index contributed by atoms with van der Waals surface area (Å²) in [7, 11) is 9.52. The fourth-order valence-corrected chi connectivity index (χ4v) is 2.79. The van der Waals surface area contributed by atoms with Gasteiger partial charge in [-0.3, -0.25) is 0 Å². The van der Waals surface area contributed by atoms with Crippen molar-refractivity contribution >= 4 is 23.0 Å². The minimum atomic E-state index is 0.324. The Hall–Kier alpha value is -2.93. The Bertz CT molecular complexity index is 926. The van der Waals surface area contributed by atoms with Crippen LogP contribution in [-0.4, -0.2) is 45.3 Å². The lowest BCUT2D eigenvalue weighted by Crippen LogP contribution is -2.37. The van der Waals surface area contributed by atoms with Crippen LogP contribution in [0.1, 0.15) is 0 Å². The van der Waals surface area contributed by atoms with E-state index in [1.54, 1.807) is 7.11 Å². The fraction of sp³-hybridized carbons (Fsp3) is 0.263. The fourth-order valence-electron chi connectivity index (χ4n) is 2.53. The Morgan fingerprint density at radius 2 is 1.30 bits per heavy atom. The summed E-state index contributed by atoms with van der Waals surface area (Å²) in [6.07, 6.45) is 7.63. The molecule has 0 spiro atoms. The first-order valence-corrected chi connectivity index (χ1v) is 8.78. The van der Waals surface area contributed by atoms with E-state index in [0.29, 0.717) is 22.7 Å². The van der Waals surface area contributed by atoms with Gasteiger partial charge in [0, 0.05) is 56.7 Å². The lowest BCUT2D eigenvalue weighted by Gasteiger charge is -2.11. The smallest absolute Gasteiger partial charge is 0.468 e. The predicted octanol–water partition coefficient (Wildman–Crippen LogP) is 1.82. The Morgan fingerprint density at radius 1 is 0.815 bits per heavy atom. The molecule has 0 radical (unpaired) electrons. The molecule has 0 bridgehead atoms. The van der Waals surface area contributed by atoms with Gasteiger partial charge < -0.3 is 14.5 Å². The number of hydrogen-bond acceptors (Lipinski definition) is 5. The molecule has 0 aliphatic heterocycles. The molecule has 0 atom stereocenters. The molecule has 0 saturated carbocycles. The molecule has 0 saturated heterocycles. The molecule has 3 aromatic heterocycles. The van der Waals surface area contributed by atoms with E-state index in [4.69, 9.17) is 16.3 Å². The molecule has 3 aromatic rings. The number of rotatable bonds is 5. The summed E-state index contributed by atoms with van der Waals surface area (Å²) in [6.45, 7) is 0. The second kappa shape index (κ2) is 7.75. The number of aromatic nitrogens is 4. The van der Waals surface area contributed by atoms with Gasteiger partial charge >= 0.3 is 17.6 Å². The maximum atomic E-state index is 6.47. The van der Waals surface area contributed by atoms with E-state index in [1.165, 1.54) is 0 Å². The Kier molecular flexibility index (Phi) is 5.41. The monoisotopic (exact) mass is 386 g/mol. The third kappa shape index (κ3) is 3.93. The van der Waals surface area contributed by atoms with Gasteiger partial charge in [-0.15, -0.1) is 0 Å². The highest BCUT2D eigenvalue weighted by atomic mass is 35.5. The normalized spacial score (nSPS) is 10.6.